The summed E-state index contributed by atoms with van der Waals surface area (Å²) in [4.78, 5) is 26.0. The number of anilines is 1. The van der Waals surface area contributed by atoms with Crippen LogP contribution in [-0.2, 0) is 15.8 Å². The van der Waals surface area contributed by atoms with Gasteiger partial charge in [0.1, 0.15) is 6.04 Å². The van der Waals surface area contributed by atoms with Gasteiger partial charge in [0.15, 0.2) is 0 Å². The smallest absolute Gasteiger partial charge is 0.426 e. The normalized spacial score (nSPS) is 17.4. The first-order valence-corrected chi connectivity index (χ1v) is 9.84. The summed E-state index contributed by atoms with van der Waals surface area (Å²) >= 11 is 5.98. The third kappa shape index (κ3) is 6.26. The fourth-order valence-electron chi connectivity index (χ4n) is 3.17. The number of hydrogen-bond acceptors (Lipinski definition) is 5. The third-order valence-corrected chi connectivity index (χ3v) is 5.06. The minimum absolute atomic E-state index is 0.115. The van der Waals surface area contributed by atoms with Gasteiger partial charge < -0.3 is 25.6 Å². The molecule has 1 saturated heterocycles. The fourth-order valence-corrected chi connectivity index (χ4v) is 3.46. The van der Waals surface area contributed by atoms with E-state index in [0.717, 1.165) is 12.1 Å². The van der Waals surface area contributed by atoms with Crippen molar-refractivity contribution in [2.75, 3.05) is 18.0 Å². The van der Waals surface area contributed by atoms with Crippen molar-refractivity contribution < 1.29 is 32.8 Å². The lowest BCUT2D eigenvalue weighted by molar-refractivity contribution is -0.137. The highest BCUT2D eigenvalue weighted by Crippen LogP contribution is 2.37. The van der Waals surface area contributed by atoms with E-state index < -0.39 is 42.7 Å². The molecule has 166 valence electrons. The molecule has 1 heterocycles. The molecule has 2 rings (SSSR count). The molecule has 1 fully saturated rings. The maximum absolute atomic E-state index is 12.8. The first kappa shape index (κ1) is 24.3. The van der Waals surface area contributed by atoms with Crippen molar-refractivity contribution in [1.29, 1.82) is 0 Å². The van der Waals surface area contributed by atoms with Crippen LogP contribution in [0.4, 0.5) is 18.9 Å². The van der Waals surface area contributed by atoms with Crippen molar-refractivity contribution in [3.63, 3.8) is 0 Å². The molecule has 1 aromatic carbocycles. The number of nitrogens with one attached hydrogen (secondary N) is 2. The lowest BCUT2D eigenvalue weighted by atomic mass is 9.75. The number of amides is 2. The first-order chi connectivity index (χ1) is 13.9. The molecule has 2 amide bonds. The monoisotopic (exact) mass is 449 g/mol. The summed E-state index contributed by atoms with van der Waals surface area (Å²) in [6, 6.07) is 2.27. The maximum Gasteiger partial charge on any atom is 0.475 e. The minimum atomic E-state index is -4.52. The van der Waals surface area contributed by atoms with Gasteiger partial charge in [-0.1, -0.05) is 25.4 Å². The zero-order valence-electron chi connectivity index (χ0n) is 16.5. The van der Waals surface area contributed by atoms with Crippen molar-refractivity contribution in [2.24, 2.45) is 5.92 Å². The average Bonchev–Trinajstić information content (AvgIpc) is 2.58. The van der Waals surface area contributed by atoms with Crippen LogP contribution in [0.5, 0.6) is 0 Å². The molecule has 0 aromatic heterocycles. The molecule has 0 saturated carbocycles. The summed E-state index contributed by atoms with van der Waals surface area (Å²) in [5, 5.41) is 23.5. The first-order valence-electron chi connectivity index (χ1n) is 9.46. The third-order valence-electron chi connectivity index (χ3n) is 4.76. The van der Waals surface area contributed by atoms with Crippen LogP contribution in [0.25, 0.3) is 0 Å². The van der Waals surface area contributed by atoms with Gasteiger partial charge in [0.25, 0.3) is 0 Å². The Morgan fingerprint density at radius 2 is 2.00 bits per heavy atom. The Hall–Kier alpha value is -1.98. The highest BCUT2D eigenvalue weighted by Gasteiger charge is 2.37. The van der Waals surface area contributed by atoms with Gasteiger partial charge in [0, 0.05) is 6.54 Å². The topological polar surface area (TPSA) is 102 Å². The van der Waals surface area contributed by atoms with Crippen molar-refractivity contribution in [2.45, 2.75) is 44.8 Å². The van der Waals surface area contributed by atoms with E-state index in [1.807, 2.05) is 13.8 Å². The van der Waals surface area contributed by atoms with Gasteiger partial charge in [-0.2, -0.15) is 13.2 Å². The number of rotatable bonds is 8. The van der Waals surface area contributed by atoms with E-state index in [9.17, 15) is 32.8 Å². The standard InChI is InChI=1S/C18H24BClF3N3O4/c1-10(2)7-15(19(29)30)25-16(27)9-24-17(28)14-5-6-26(14)13-4-3-11(8-12(13)20)18(21,22)23/h3-4,8,10,14-15,29-30H,5-7,9H2,1-2H3,(H,24,28)(H,25,27). The van der Waals surface area contributed by atoms with Crippen LogP contribution in [-0.4, -0.2) is 54.1 Å². The van der Waals surface area contributed by atoms with E-state index in [-0.39, 0.29) is 17.5 Å². The SMILES string of the molecule is CC(C)CC(NC(=O)CNC(=O)C1CCN1c1ccc(C(F)(F)F)cc1Cl)B(O)O. The van der Waals surface area contributed by atoms with Gasteiger partial charge in [-0.3, -0.25) is 9.59 Å². The number of benzene rings is 1. The fraction of sp³-hybridized carbons (Fsp3) is 0.556. The summed E-state index contributed by atoms with van der Waals surface area (Å²) in [5.74, 6) is -1.80. The van der Waals surface area contributed by atoms with Crippen molar-refractivity contribution in [3.05, 3.63) is 28.8 Å². The van der Waals surface area contributed by atoms with E-state index in [4.69, 9.17) is 11.6 Å². The Bertz CT molecular complexity index is 780. The molecule has 1 aromatic rings. The summed E-state index contributed by atoms with van der Waals surface area (Å²) in [7, 11) is -1.73. The summed E-state index contributed by atoms with van der Waals surface area (Å²) in [6.07, 6.45) is -3.72. The molecule has 4 N–H and O–H groups in total. The molecule has 12 heteroatoms. The van der Waals surface area contributed by atoms with Gasteiger partial charge in [-0.25, -0.2) is 0 Å². The number of nitrogens with zero attached hydrogens (tertiary/aromatic N) is 1. The zero-order valence-corrected chi connectivity index (χ0v) is 17.3. The van der Waals surface area contributed by atoms with Crippen LogP contribution in [0, 0.1) is 5.92 Å². The van der Waals surface area contributed by atoms with E-state index >= 15 is 0 Å². The van der Waals surface area contributed by atoms with Crippen LogP contribution in [0.1, 0.15) is 32.3 Å². The largest absolute Gasteiger partial charge is 0.475 e. The van der Waals surface area contributed by atoms with E-state index in [2.05, 4.69) is 10.6 Å². The molecule has 0 bridgehead atoms. The molecule has 0 aliphatic carbocycles. The van der Waals surface area contributed by atoms with Crippen LogP contribution in [0.2, 0.25) is 5.02 Å². The molecule has 1 aliphatic heterocycles. The second kappa shape index (κ2) is 9.89. The molecule has 0 radical (unpaired) electrons. The summed E-state index contributed by atoms with van der Waals surface area (Å²) < 4.78 is 38.3. The minimum Gasteiger partial charge on any atom is -0.426 e. The Kier molecular flexibility index (Phi) is 8.01. The van der Waals surface area contributed by atoms with Crippen molar-refractivity contribution in [3.8, 4) is 0 Å². The second-order valence-corrected chi connectivity index (χ2v) is 8.00. The number of hydrogen-bond donors (Lipinski definition) is 4. The lowest BCUT2D eigenvalue weighted by Gasteiger charge is -2.42. The van der Waals surface area contributed by atoms with Gasteiger partial charge in [0.05, 0.1) is 28.8 Å². The van der Waals surface area contributed by atoms with Crippen LogP contribution in [0.15, 0.2) is 18.2 Å². The summed E-state index contributed by atoms with van der Waals surface area (Å²) in [6.45, 7) is 3.79. The van der Waals surface area contributed by atoms with E-state index in [1.165, 1.54) is 6.07 Å². The number of halogens is 4. The van der Waals surface area contributed by atoms with Crippen LogP contribution in [0.3, 0.4) is 0 Å². The Balaban J connectivity index is 1.93. The van der Waals surface area contributed by atoms with Gasteiger partial charge in [-0.15, -0.1) is 0 Å². The highest BCUT2D eigenvalue weighted by molar-refractivity contribution is 6.43. The Morgan fingerprint density at radius 1 is 1.33 bits per heavy atom. The summed E-state index contributed by atoms with van der Waals surface area (Å²) in [5.41, 5.74) is -0.572. The molecule has 7 nitrogen and oxygen atoms in total. The lowest BCUT2D eigenvalue weighted by Crippen LogP contribution is -2.58. The molecule has 0 spiro atoms. The zero-order chi connectivity index (χ0) is 22.6. The van der Waals surface area contributed by atoms with Crippen molar-refractivity contribution in [1.82, 2.24) is 10.6 Å². The molecular weight excluding hydrogens is 425 g/mol. The van der Waals surface area contributed by atoms with E-state index in [0.29, 0.717) is 25.1 Å². The Morgan fingerprint density at radius 3 is 2.47 bits per heavy atom. The van der Waals surface area contributed by atoms with Gasteiger partial charge in [0.2, 0.25) is 11.8 Å². The number of carbonyl (C=O) groups is 2. The number of carbonyl (C=O) groups excluding carboxylic acids is 2. The molecule has 2 unspecified atom stereocenters. The van der Waals surface area contributed by atoms with Gasteiger partial charge >= 0.3 is 13.3 Å². The van der Waals surface area contributed by atoms with Crippen molar-refractivity contribution >= 4 is 36.2 Å². The molecule has 2 atom stereocenters. The molecule has 30 heavy (non-hydrogen) atoms. The average molecular weight is 450 g/mol. The predicted octanol–water partition coefficient (Wildman–Crippen LogP) is 1.60. The Labute approximate surface area is 177 Å². The second-order valence-electron chi connectivity index (χ2n) is 7.60. The number of alkyl halides is 3. The van der Waals surface area contributed by atoms with E-state index in [1.54, 1.807) is 4.90 Å². The molecular formula is C18H24BClF3N3O4. The maximum atomic E-state index is 12.8. The van der Waals surface area contributed by atoms with Crippen LogP contribution < -0.4 is 15.5 Å². The van der Waals surface area contributed by atoms with Gasteiger partial charge in [-0.05, 0) is 37.0 Å². The van der Waals surface area contributed by atoms with Crippen LogP contribution >= 0.6 is 11.6 Å². The highest BCUT2D eigenvalue weighted by atomic mass is 35.5. The predicted molar refractivity (Wildman–Crippen MR) is 107 cm³/mol. The quantitative estimate of drug-likeness (QED) is 0.452. The molecule has 1 aliphatic rings.